The number of para-hydroxylation sites is 2. The van der Waals surface area contributed by atoms with E-state index in [1.54, 1.807) is 18.7 Å². The molecule has 0 aliphatic carbocycles. The fourth-order valence-corrected chi connectivity index (χ4v) is 5.19. The molecule has 0 spiro atoms. The maximum atomic E-state index is 13.0. The standard InChI is InChI=1S/C23H24N6O2S2/c1-14-10-8-9-13-18(14)24-22-26-27-23(33-22)32-16(3)20(30)25-19-15(2)28(4)29(21(19)31)17-11-6-5-7-12-17/h5-13,16H,1-4H3,(H,24,26)(H,25,30). The van der Waals surface area contributed by atoms with Crippen molar-refractivity contribution in [2.24, 2.45) is 7.05 Å². The average Bonchev–Trinajstić information content (AvgIpc) is 3.33. The lowest BCUT2D eigenvalue weighted by molar-refractivity contribution is -0.115. The number of hydrogen-bond donors (Lipinski definition) is 2. The van der Waals surface area contributed by atoms with E-state index in [1.165, 1.54) is 27.8 Å². The highest BCUT2D eigenvalue weighted by Gasteiger charge is 2.22. The Hall–Kier alpha value is -3.37. The first-order valence-electron chi connectivity index (χ1n) is 10.3. The van der Waals surface area contributed by atoms with Gasteiger partial charge in [0.2, 0.25) is 11.0 Å². The van der Waals surface area contributed by atoms with E-state index < -0.39 is 5.25 Å². The number of aromatic nitrogens is 4. The van der Waals surface area contributed by atoms with Crippen LogP contribution in [-0.4, -0.2) is 30.7 Å². The third-order valence-corrected chi connectivity index (χ3v) is 7.27. The minimum absolute atomic E-state index is 0.269. The lowest BCUT2D eigenvalue weighted by Crippen LogP contribution is -2.27. The summed E-state index contributed by atoms with van der Waals surface area (Å²) in [7, 11) is 1.79. The van der Waals surface area contributed by atoms with Crippen LogP contribution in [0.25, 0.3) is 5.69 Å². The number of nitrogens with zero attached hydrogens (tertiary/aromatic N) is 4. The number of aryl methyl sites for hydroxylation is 1. The van der Waals surface area contributed by atoms with Crippen LogP contribution in [0.3, 0.4) is 0 Å². The Kier molecular flexibility index (Phi) is 6.66. The molecule has 0 saturated heterocycles. The van der Waals surface area contributed by atoms with E-state index in [1.807, 2.05) is 68.4 Å². The summed E-state index contributed by atoms with van der Waals surface area (Å²) >= 11 is 2.68. The first kappa shape index (κ1) is 22.8. The monoisotopic (exact) mass is 480 g/mol. The Morgan fingerprint density at radius 1 is 1.06 bits per heavy atom. The van der Waals surface area contributed by atoms with Gasteiger partial charge in [0.15, 0.2) is 4.34 Å². The van der Waals surface area contributed by atoms with Crippen molar-refractivity contribution in [2.45, 2.75) is 30.4 Å². The molecule has 4 rings (SSSR count). The molecule has 1 amide bonds. The van der Waals surface area contributed by atoms with Crippen molar-refractivity contribution in [1.82, 2.24) is 19.6 Å². The van der Waals surface area contributed by atoms with Gasteiger partial charge in [0.05, 0.1) is 16.6 Å². The molecule has 8 nitrogen and oxygen atoms in total. The number of hydrogen-bond acceptors (Lipinski definition) is 7. The normalized spacial score (nSPS) is 11.9. The Morgan fingerprint density at radius 2 is 1.76 bits per heavy atom. The van der Waals surface area contributed by atoms with Crippen LogP contribution in [0.15, 0.2) is 63.7 Å². The molecular weight excluding hydrogens is 456 g/mol. The Labute approximate surface area is 199 Å². The quantitative estimate of drug-likeness (QED) is 0.378. The highest BCUT2D eigenvalue weighted by molar-refractivity contribution is 8.02. The number of rotatable bonds is 7. The smallest absolute Gasteiger partial charge is 0.295 e. The number of benzene rings is 2. The summed E-state index contributed by atoms with van der Waals surface area (Å²) in [6, 6.07) is 17.2. The Balaban J connectivity index is 1.45. The summed E-state index contributed by atoms with van der Waals surface area (Å²) in [5.74, 6) is -0.269. The zero-order chi connectivity index (χ0) is 23.5. The lowest BCUT2D eigenvalue weighted by atomic mass is 10.2. The topological polar surface area (TPSA) is 93.8 Å². The molecule has 0 radical (unpaired) electrons. The molecule has 0 fully saturated rings. The summed E-state index contributed by atoms with van der Waals surface area (Å²) in [5.41, 5.74) is 3.48. The van der Waals surface area contributed by atoms with E-state index in [0.717, 1.165) is 16.9 Å². The minimum atomic E-state index is -0.464. The molecule has 2 aromatic carbocycles. The predicted molar refractivity (Wildman–Crippen MR) is 134 cm³/mol. The van der Waals surface area contributed by atoms with Gasteiger partial charge < -0.3 is 10.6 Å². The molecule has 1 atom stereocenters. The number of nitrogens with one attached hydrogen (secondary N) is 2. The van der Waals surface area contributed by atoms with Crippen molar-refractivity contribution in [2.75, 3.05) is 10.6 Å². The summed E-state index contributed by atoms with van der Waals surface area (Å²) in [6.45, 7) is 5.61. The SMILES string of the molecule is Cc1ccccc1Nc1nnc(SC(C)C(=O)Nc2c(C)n(C)n(-c3ccccc3)c2=O)s1. The van der Waals surface area contributed by atoms with Gasteiger partial charge in [-0.25, -0.2) is 4.68 Å². The van der Waals surface area contributed by atoms with Crippen LogP contribution in [0.4, 0.5) is 16.5 Å². The summed E-state index contributed by atoms with van der Waals surface area (Å²) in [6.07, 6.45) is 0. The van der Waals surface area contributed by atoms with Gasteiger partial charge in [-0.2, -0.15) is 0 Å². The third-order valence-electron chi connectivity index (χ3n) is 5.24. The summed E-state index contributed by atoms with van der Waals surface area (Å²) in [4.78, 5) is 25.9. The second kappa shape index (κ2) is 9.63. The molecule has 2 aromatic heterocycles. The molecule has 0 aliphatic heterocycles. The molecule has 1 unspecified atom stereocenters. The van der Waals surface area contributed by atoms with Crippen molar-refractivity contribution in [3.8, 4) is 5.69 Å². The molecule has 170 valence electrons. The lowest BCUT2D eigenvalue weighted by Gasteiger charge is -2.09. The van der Waals surface area contributed by atoms with Crippen LogP contribution in [0.2, 0.25) is 0 Å². The number of carbonyl (C=O) groups excluding carboxylic acids is 1. The van der Waals surface area contributed by atoms with Crippen LogP contribution in [-0.2, 0) is 11.8 Å². The van der Waals surface area contributed by atoms with Gasteiger partial charge in [-0.05, 0) is 44.5 Å². The average molecular weight is 481 g/mol. The van der Waals surface area contributed by atoms with E-state index in [0.29, 0.717) is 15.2 Å². The van der Waals surface area contributed by atoms with E-state index in [-0.39, 0.29) is 17.2 Å². The molecule has 4 aromatic rings. The van der Waals surface area contributed by atoms with Crippen molar-refractivity contribution in [1.29, 1.82) is 0 Å². The number of anilines is 3. The first-order chi connectivity index (χ1) is 15.8. The van der Waals surface area contributed by atoms with Crippen LogP contribution in [0.5, 0.6) is 0 Å². The Bertz CT molecular complexity index is 1340. The molecule has 10 heteroatoms. The number of carbonyl (C=O) groups is 1. The second-order valence-electron chi connectivity index (χ2n) is 7.50. The highest BCUT2D eigenvalue weighted by Crippen LogP contribution is 2.31. The summed E-state index contributed by atoms with van der Waals surface area (Å²) in [5, 5.41) is 14.6. The first-order valence-corrected chi connectivity index (χ1v) is 12.0. The van der Waals surface area contributed by atoms with Gasteiger partial charge in [0, 0.05) is 12.7 Å². The number of thioether (sulfide) groups is 1. The second-order valence-corrected chi connectivity index (χ2v) is 10.1. The zero-order valence-corrected chi connectivity index (χ0v) is 20.3. The molecular formula is C23H24N6O2S2. The van der Waals surface area contributed by atoms with Gasteiger partial charge >= 0.3 is 0 Å². The van der Waals surface area contributed by atoms with E-state index in [2.05, 4.69) is 20.8 Å². The molecule has 33 heavy (non-hydrogen) atoms. The molecule has 0 bridgehead atoms. The largest absolute Gasteiger partial charge is 0.330 e. The van der Waals surface area contributed by atoms with Gasteiger partial charge in [-0.1, -0.05) is 59.5 Å². The summed E-state index contributed by atoms with van der Waals surface area (Å²) < 4.78 is 3.94. The zero-order valence-electron chi connectivity index (χ0n) is 18.7. The minimum Gasteiger partial charge on any atom is -0.330 e. The van der Waals surface area contributed by atoms with Crippen LogP contribution >= 0.6 is 23.1 Å². The van der Waals surface area contributed by atoms with E-state index in [9.17, 15) is 9.59 Å². The van der Waals surface area contributed by atoms with E-state index >= 15 is 0 Å². The molecule has 0 saturated carbocycles. The Morgan fingerprint density at radius 3 is 2.48 bits per heavy atom. The van der Waals surface area contributed by atoms with Crippen molar-refractivity contribution < 1.29 is 4.79 Å². The van der Waals surface area contributed by atoms with Crippen LogP contribution in [0, 0.1) is 13.8 Å². The van der Waals surface area contributed by atoms with Crippen LogP contribution in [0.1, 0.15) is 18.2 Å². The van der Waals surface area contributed by atoms with Crippen molar-refractivity contribution in [3.63, 3.8) is 0 Å². The van der Waals surface area contributed by atoms with Gasteiger partial charge in [0.1, 0.15) is 5.69 Å². The van der Waals surface area contributed by atoms with Gasteiger partial charge in [-0.15, -0.1) is 10.2 Å². The molecule has 0 aliphatic rings. The molecule has 2 heterocycles. The fourth-order valence-electron chi connectivity index (χ4n) is 3.28. The van der Waals surface area contributed by atoms with E-state index in [4.69, 9.17) is 0 Å². The maximum absolute atomic E-state index is 13.0. The number of amides is 1. The van der Waals surface area contributed by atoms with Gasteiger partial charge in [-0.3, -0.25) is 14.3 Å². The van der Waals surface area contributed by atoms with Crippen molar-refractivity contribution in [3.05, 3.63) is 76.2 Å². The third kappa shape index (κ3) is 4.86. The molecule has 2 N–H and O–H groups in total. The fraction of sp³-hybridized carbons (Fsp3) is 0.217. The van der Waals surface area contributed by atoms with Gasteiger partial charge in [0.25, 0.3) is 5.56 Å². The predicted octanol–water partition coefficient (Wildman–Crippen LogP) is 4.51. The maximum Gasteiger partial charge on any atom is 0.295 e. The highest BCUT2D eigenvalue weighted by atomic mass is 32.2. The van der Waals surface area contributed by atoms with Crippen molar-refractivity contribution >= 4 is 45.5 Å². The van der Waals surface area contributed by atoms with Crippen LogP contribution < -0.4 is 16.2 Å².